The molecule has 0 aliphatic carbocycles. The van der Waals surface area contributed by atoms with E-state index in [1.54, 1.807) is 24.3 Å². The van der Waals surface area contributed by atoms with Crippen LogP contribution in [0.2, 0.25) is 5.02 Å². The maximum absolute atomic E-state index is 12.6. The molecule has 1 heterocycles. The fraction of sp³-hybridized carbons (Fsp3) is 0.182. The fourth-order valence-corrected chi connectivity index (χ4v) is 4.24. The van der Waals surface area contributed by atoms with Crippen molar-refractivity contribution >= 4 is 45.6 Å². The van der Waals surface area contributed by atoms with Crippen molar-refractivity contribution in [2.75, 3.05) is 24.4 Å². The zero-order valence-corrected chi connectivity index (χ0v) is 18.3. The Morgan fingerprint density at radius 1 is 1.10 bits per heavy atom. The van der Waals surface area contributed by atoms with Gasteiger partial charge in [0.1, 0.15) is 16.3 Å². The topological polar surface area (TPSA) is 76.7 Å². The predicted octanol–water partition coefficient (Wildman–Crippen LogP) is 6.21. The number of esters is 1. The molecule has 0 bridgehead atoms. The van der Waals surface area contributed by atoms with E-state index in [-0.39, 0.29) is 0 Å². The van der Waals surface area contributed by atoms with Crippen LogP contribution in [0.5, 0.6) is 5.75 Å². The second-order valence-electron chi connectivity index (χ2n) is 6.28. The number of carbonyl (C=O) groups is 2. The normalized spacial score (nSPS) is 10.4. The van der Waals surface area contributed by atoms with Crippen molar-refractivity contribution in [1.82, 2.24) is 0 Å². The smallest absolute Gasteiger partial charge is 0.341 e. The molecule has 0 radical (unpaired) electrons. The molecule has 3 rings (SSSR count). The summed E-state index contributed by atoms with van der Waals surface area (Å²) < 4.78 is 10.5. The average Bonchev–Trinajstić information content (AvgIpc) is 3.03. The summed E-state index contributed by atoms with van der Waals surface area (Å²) >= 11 is 7.26. The van der Waals surface area contributed by atoms with Crippen LogP contribution in [0.3, 0.4) is 0 Å². The van der Waals surface area contributed by atoms with Crippen molar-refractivity contribution in [2.45, 2.75) is 13.8 Å². The number of ether oxygens (including phenoxy) is 2. The maximum atomic E-state index is 12.6. The largest absolute Gasteiger partial charge is 0.494 e. The first-order valence-electron chi connectivity index (χ1n) is 9.21. The van der Waals surface area contributed by atoms with Gasteiger partial charge >= 0.3 is 12.0 Å². The lowest BCUT2D eigenvalue weighted by Gasteiger charge is -2.10. The lowest BCUT2D eigenvalue weighted by molar-refractivity contribution is 0.0603. The Labute approximate surface area is 183 Å². The van der Waals surface area contributed by atoms with Gasteiger partial charge in [0.2, 0.25) is 0 Å². The van der Waals surface area contributed by atoms with E-state index in [0.717, 1.165) is 16.2 Å². The molecule has 0 aliphatic rings. The van der Waals surface area contributed by atoms with Crippen LogP contribution < -0.4 is 15.4 Å². The van der Waals surface area contributed by atoms with E-state index in [1.165, 1.54) is 18.4 Å². The maximum Gasteiger partial charge on any atom is 0.341 e. The number of hydrogen-bond donors (Lipinski definition) is 2. The van der Waals surface area contributed by atoms with Gasteiger partial charge in [0.05, 0.1) is 13.7 Å². The van der Waals surface area contributed by atoms with Gasteiger partial charge in [-0.15, -0.1) is 11.3 Å². The second-order valence-corrected chi connectivity index (χ2v) is 7.94. The number of methoxy groups -OCH3 is 1. The second kappa shape index (κ2) is 9.65. The predicted molar refractivity (Wildman–Crippen MR) is 121 cm³/mol. The number of anilines is 2. The number of carbonyl (C=O) groups excluding carboxylic acids is 2. The molecule has 1 aromatic heterocycles. The molecule has 0 aliphatic heterocycles. The number of halogens is 1. The molecule has 0 saturated carbocycles. The van der Waals surface area contributed by atoms with Crippen molar-refractivity contribution in [1.29, 1.82) is 0 Å². The van der Waals surface area contributed by atoms with Crippen molar-refractivity contribution in [3.8, 4) is 16.9 Å². The number of aryl methyl sites for hydroxylation is 1. The highest BCUT2D eigenvalue weighted by Crippen LogP contribution is 2.40. The summed E-state index contributed by atoms with van der Waals surface area (Å²) in [6.07, 6.45) is 0. The van der Waals surface area contributed by atoms with E-state index in [2.05, 4.69) is 10.6 Å². The summed E-state index contributed by atoms with van der Waals surface area (Å²) in [6.45, 7) is 4.38. The molecular weight excluding hydrogens is 424 g/mol. The molecule has 8 heteroatoms. The van der Waals surface area contributed by atoms with Gasteiger partial charge < -0.3 is 14.8 Å². The average molecular weight is 445 g/mol. The Morgan fingerprint density at radius 2 is 1.83 bits per heavy atom. The molecule has 0 unspecified atom stereocenters. The SMILES string of the molecule is CCOc1ccc(-c2c(C)sc(NC(=O)Nc3cccc(Cl)c3)c2C(=O)OC)cc1. The third-order valence-electron chi connectivity index (χ3n) is 4.24. The molecule has 2 N–H and O–H groups in total. The summed E-state index contributed by atoms with van der Waals surface area (Å²) in [5.74, 6) is 0.217. The van der Waals surface area contributed by atoms with Crippen LogP contribution in [0.1, 0.15) is 22.2 Å². The number of amides is 2. The summed E-state index contributed by atoms with van der Waals surface area (Å²) in [5.41, 5.74) is 2.40. The number of rotatable bonds is 6. The molecule has 0 atom stereocenters. The number of benzene rings is 2. The Kier molecular flexibility index (Phi) is 6.97. The van der Waals surface area contributed by atoms with Gasteiger partial charge in [0, 0.05) is 21.2 Å². The van der Waals surface area contributed by atoms with Crippen LogP contribution in [0.25, 0.3) is 11.1 Å². The number of nitrogens with one attached hydrogen (secondary N) is 2. The van der Waals surface area contributed by atoms with Crippen molar-refractivity contribution in [3.05, 3.63) is 64.0 Å². The van der Waals surface area contributed by atoms with Crippen LogP contribution in [0.4, 0.5) is 15.5 Å². The number of thiophene rings is 1. The molecule has 0 saturated heterocycles. The minimum Gasteiger partial charge on any atom is -0.494 e. The van der Waals surface area contributed by atoms with Crippen molar-refractivity contribution in [2.24, 2.45) is 0 Å². The summed E-state index contributed by atoms with van der Waals surface area (Å²) in [5, 5.41) is 6.38. The first kappa shape index (κ1) is 21.7. The van der Waals surface area contributed by atoms with E-state index in [4.69, 9.17) is 21.1 Å². The van der Waals surface area contributed by atoms with E-state index in [1.807, 2.05) is 38.1 Å². The molecule has 156 valence electrons. The Balaban J connectivity index is 1.92. The summed E-state index contributed by atoms with van der Waals surface area (Å²) in [7, 11) is 1.31. The van der Waals surface area contributed by atoms with Gasteiger partial charge in [-0.3, -0.25) is 5.32 Å². The zero-order chi connectivity index (χ0) is 21.7. The Morgan fingerprint density at radius 3 is 2.47 bits per heavy atom. The monoisotopic (exact) mass is 444 g/mol. The molecule has 0 spiro atoms. The minimum atomic E-state index is -0.527. The highest BCUT2D eigenvalue weighted by atomic mass is 35.5. The highest BCUT2D eigenvalue weighted by molar-refractivity contribution is 7.17. The van der Waals surface area contributed by atoms with Gasteiger partial charge in [-0.2, -0.15) is 0 Å². The number of urea groups is 1. The van der Waals surface area contributed by atoms with E-state index in [9.17, 15) is 9.59 Å². The summed E-state index contributed by atoms with van der Waals surface area (Å²) in [4.78, 5) is 25.9. The lowest BCUT2D eigenvalue weighted by Crippen LogP contribution is -2.20. The molecule has 30 heavy (non-hydrogen) atoms. The Bertz CT molecular complexity index is 1060. The first-order valence-corrected chi connectivity index (χ1v) is 10.4. The lowest BCUT2D eigenvalue weighted by atomic mass is 10.0. The zero-order valence-electron chi connectivity index (χ0n) is 16.7. The third kappa shape index (κ3) is 4.93. The highest BCUT2D eigenvalue weighted by Gasteiger charge is 2.25. The third-order valence-corrected chi connectivity index (χ3v) is 5.49. The first-order chi connectivity index (χ1) is 14.4. The van der Waals surface area contributed by atoms with Gasteiger partial charge in [0.15, 0.2) is 0 Å². The minimum absolute atomic E-state index is 0.311. The molecule has 0 fully saturated rings. The van der Waals surface area contributed by atoms with Gasteiger partial charge in [-0.1, -0.05) is 29.8 Å². The molecule has 3 aromatic rings. The van der Waals surface area contributed by atoms with E-state index >= 15 is 0 Å². The van der Waals surface area contributed by atoms with Gasteiger partial charge in [-0.05, 0) is 49.7 Å². The molecule has 6 nitrogen and oxygen atoms in total. The van der Waals surface area contributed by atoms with Crippen LogP contribution in [-0.4, -0.2) is 25.7 Å². The van der Waals surface area contributed by atoms with Crippen LogP contribution in [0.15, 0.2) is 48.5 Å². The van der Waals surface area contributed by atoms with Crippen LogP contribution in [0, 0.1) is 6.92 Å². The quantitative estimate of drug-likeness (QED) is 0.443. The van der Waals surface area contributed by atoms with Crippen LogP contribution in [-0.2, 0) is 4.74 Å². The number of hydrogen-bond acceptors (Lipinski definition) is 5. The molecule has 2 amide bonds. The standard InChI is InChI=1S/C22H21ClN2O4S/c1-4-29-17-10-8-14(9-11-17)18-13(2)30-20(19(18)21(26)28-3)25-22(27)24-16-7-5-6-15(23)12-16/h5-12H,4H2,1-3H3,(H2,24,25,27). The van der Waals surface area contributed by atoms with E-state index in [0.29, 0.717) is 33.4 Å². The Hall–Kier alpha value is -3.03. The van der Waals surface area contributed by atoms with Gasteiger partial charge in [0.25, 0.3) is 0 Å². The van der Waals surface area contributed by atoms with Crippen molar-refractivity contribution in [3.63, 3.8) is 0 Å². The van der Waals surface area contributed by atoms with Crippen molar-refractivity contribution < 1.29 is 19.1 Å². The van der Waals surface area contributed by atoms with Crippen LogP contribution >= 0.6 is 22.9 Å². The van der Waals surface area contributed by atoms with E-state index < -0.39 is 12.0 Å². The fourth-order valence-electron chi connectivity index (χ4n) is 2.99. The molecule has 2 aromatic carbocycles. The summed E-state index contributed by atoms with van der Waals surface area (Å²) in [6, 6.07) is 13.8. The molecular formula is C22H21ClN2O4S. The van der Waals surface area contributed by atoms with Gasteiger partial charge in [-0.25, -0.2) is 9.59 Å².